The van der Waals surface area contributed by atoms with E-state index in [4.69, 9.17) is 5.73 Å². The highest BCUT2D eigenvalue weighted by Gasteiger charge is 2.31. The SMILES string of the molecule is CCC(C)(C)c1c(C(N)=O)ccc[n+]1[O-]. The first kappa shape index (κ1) is 11.5. The maximum absolute atomic E-state index is 11.7. The molecule has 82 valence electrons. The fourth-order valence-electron chi connectivity index (χ4n) is 1.52. The zero-order valence-electron chi connectivity index (χ0n) is 9.28. The number of hydrogen-bond acceptors (Lipinski definition) is 2. The molecule has 1 aromatic rings. The number of rotatable bonds is 3. The van der Waals surface area contributed by atoms with Crippen LogP contribution in [-0.4, -0.2) is 5.91 Å². The molecule has 2 N–H and O–H groups in total. The van der Waals surface area contributed by atoms with Gasteiger partial charge in [-0.3, -0.25) is 4.79 Å². The Balaban J connectivity index is 3.44. The van der Waals surface area contributed by atoms with Crippen LogP contribution in [0.15, 0.2) is 18.3 Å². The van der Waals surface area contributed by atoms with Gasteiger partial charge < -0.3 is 10.9 Å². The zero-order chi connectivity index (χ0) is 11.6. The summed E-state index contributed by atoms with van der Waals surface area (Å²) in [5.74, 6) is -0.559. The summed E-state index contributed by atoms with van der Waals surface area (Å²) in [7, 11) is 0. The van der Waals surface area contributed by atoms with Crippen LogP contribution in [0.3, 0.4) is 0 Å². The molecule has 0 atom stereocenters. The molecule has 0 aliphatic heterocycles. The van der Waals surface area contributed by atoms with Crippen molar-refractivity contribution in [3.63, 3.8) is 0 Å². The van der Waals surface area contributed by atoms with Crippen LogP contribution in [0.2, 0.25) is 0 Å². The monoisotopic (exact) mass is 208 g/mol. The molecule has 0 saturated heterocycles. The summed E-state index contributed by atoms with van der Waals surface area (Å²) in [6.07, 6.45) is 2.15. The third-order valence-electron chi connectivity index (χ3n) is 2.75. The number of carbonyl (C=O) groups is 1. The highest BCUT2D eigenvalue weighted by Crippen LogP contribution is 2.26. The van der Waals surface area contributed by atoms with E-state index in [2.05, 4.69) is 0 Å². The van der Waals surface area contributed by atoms with E-state index >= 15 is 0 Å². The molecule has 0 unspecified atom stereocenters. The molecule has 1 rings (SSSR count). The van der Waals surface area contributed by atoms with E-state index in [1.165, 1.54) is 12.3 Å². The van der Waals surface area contributed by atoms with Crippen LogP contribution >= 0.6 is 0 Å². The first-order valence-electron chi connectivity index (χ1n) is 4.92. The largest absolute Gasteiger partial charge is 0.618 e. The summed E-state index contributed by atoms with van der Waals surface area (Å²) < 4.78 is 0.726. The van der Waals surface area contributed by atoms with Gasteiger partial charge in [-0.15, -0.1) is 0 Å². The quantitative estimate of drug-likeness (QED) is 0.597. The smallest absolute Gasteiger partial charge is 0.255 e. The molecule has 15 heavy (non-hydrogen) atoms. The minimum atomic E-state index is -0.559. The molecule has 4 nitrogen and oxygen atoms in total. The van der Waals surface area contributed by atoms with Gasteiger partial charge in [-0.2, -0.15) is 4.73 Å². The lowest BCUT2D eigenvalue weighted by molar-refractivity contribution is -0.618. The maximum Gasteiger partial charge on any atom is 0.255 e. The average Bonchev–Trinajstić information content (AvgIpc) is 2.17. The topological polar surface area (TPSA) is 70.0 Å². The van der Waals surface area contributed by atoms with Crippen LogP contribution < -0.4 is 10.5 Å². The molecule has 0 radical (unpaired) electrons. The number of nitrogens with zero attached hydrogens (tertiary/aromatic N) is 1. The summed E-state index contributed by atoms with van der Waals surface area (Å²) in [4.78, 5) is 11.2. The van der Waals surface area contributed by atoms with Gasteiger partial charge >= 0.3 is 0 Å². The summed E-state index contributed by atoms with van der Waals surface area (Å²) in [6.45, 7) is 5.81. The minimum absolute atomic E-state index is 0.305. The highest BCUT2D eigenvalue weighted by atomic mass is 16.5. The standard InChI is InChI=1S/C11H16N2O2/c1-4-11(2,3)9-8(10(12)14)6-5-7-13(9)15/h5-7H,4H2,1-3H3,(H2,12,14). The molecule has 0 fully saturated rings. The Hall–Kier alpha value is -1.58. The van der Waals surface area contributed by atoms with Gasteiger partial charge in [-0.25, -0.2) is 0 Å². The van der Waals surface area contributed by atoms with Crippen molar-refractivity contribution in [2.75, 3.05) is 0 Å². The number of carbonyl (C=O) groups excluding carboxylic acids is 1. The molecule has 0 spiro atoms. The number of primary amides is 1. The van der Waals surface area contributed by atoms with Crippen molar-refractivity contribution in [1.29, 1.82) is 0 Å². The summed E-state index contributed by atoms with van der Waals surface area (Å²) in [5, 5.41) is 11.7. The average molecular weight is 208 g/mol. The number of aromatic nitrogens is 1. The van der Waals surface area contributed by atoms with Crippen molar-refractivity contribution in [3.05, 3.63) is 34.8 Å². The molecule has 0 saturated carbocycles. The lowest BCUT2D eigenvalue weighted by atomic mass is 9.83. The van der Waals surface area contributed by atoms with Gasteiger partial charge in [0.25, 0.3) is 5.91 Å². The lowest BCUT2D eigenvalue weighted by Gasteiger charge is -2.22. The van der Waals surface area contributed by atoms with E-state index in [0.717, 1.165) is 11.2 Å². The lowest BCUT2D eigenvalue weighted by Crippen LogP contribution is -2.42. The van der Waals surface area contributed by atoms with Gasteiger partial charge in [-0.1, -0.05) is 6.92 Å². The van der Waals surface area contributed by atoms with Crippen LogP contribution in [0.5, 0.6) is 0 Å². The van der Waals surface area contributed by atoms with Gasteiger partial charge in [0, 0.05) is 6.07 Å². The predicted octanol–water partition coefficient (Wildman–Crippen LogP) is 1.11. The number of nitrogens with two attached hydrogens (primary N) is 1. The van der Waals surface area contributed by atoms with E-state index in [1.807, 2.05) is 20.8 Å². The summed E-state index contributed by atoms with van der Waals surface area (Å²) >= 11 is 0. The Morgan fingerprint density at radius 1 is 1.60 bits per heavy atom. The molecule has 1 amide bonds. The molecular weight excluding hydrogens is 192 g/mol. The highest BCUT2D eigenvalue weighted by molar-refractivity contribution is 5.93. The molecule has 4 heteroatoms. The zero-order valence-corrected chi connectivity index (χ0v) is 9.28. The van der Waals surface area contributed by atoms with E-state index in [1.54, 1.807) is 6.07 Å². The minimum Gasteiger partial charge on any atom is -0.618 e. The van der Waals surface area contributed by atoms with E-state index in [0.29, 0.717) is 11.3 Å². The van der Waals surface area contributed by atoms with Crippen molar-refractivity contribution in [2.24, 2.45) is 5.73 Å². The Morgan fingerprint density at radius 3 is 2.67 bits per heavy atom. The van der Waals surface area contributed by atoms with Gasteiger partial charge in [-0.05, 0) is 26.3 Å². The normalized spacial score (nSPS) is 11.4. The number of pyridine rings is 1. The van der Waals surface area contributed by atoms with Crippen molar-refractivity contribution in [3.8, 4) is 0 Å². The second-order valence-corrected chi connectivity index (χ2v) is 4.20. The van der Waals surface area contributed by atoms with E-state index in [-0.39, 0.29) is 5.41 Å². The fourth-order valence-corrected chi connectivity index (χ4v) is 1.52. The number of hydrogen-bond donors (Lipinski definition) is 1. The van der Waals surface area contributed by atoms with E-state index < -0.39 is 5.91 Å². The predicted molar refractivity (Wildman–Crippen MR) is 57.2 cm³/mol. The van der Waals surface area contributed by atoms with Crippen LogP contribution in [0.25, 0.3) is 0 Å². The molecule has 0 aliphatic rings. The summed E-state index contributed by atoms with van der Waals surface area (Å²) in [6, 6.07) is 3.12. The van der Waals surface area contributed by atoms with Gasteiger partial charge in [0.2, 0.25) is 5.69 Å². The van der Waals surface area contributed by atoms with Crippen LogP contribution in [0, 0.1) is 5.21 Å². The van der Waals surface area contributed by atoms with Gasteiger partial charge in [0.15, 0.2) is 6.20 Å². The Labute approximate surface area is 89.3 Å². The first-order valence-corrected chi connectivity index (χ1v) is 4.92. The van der Waals surface area contributed by atoms with Crippen molar-refractivity contribution in [2.45, 2.75) is 32.6 Å². The second-order valence-electron chi connectivity index (χ2n) is 4.20. The van der Waals surface area contributed by atoms with Crippen molar-refractivity contribution < 1.29 is 9.52 Å². The van der Waals surface area contributed by atoms with Gasteiger partial charge in [0.05, 0.1) is 5.41 Å². The molecule has 1 aromatic heterocycles. The molecule has 1 heterocycles. The first-order chi connectivity index (χ1) is 6.90. The molecular formula is C11H16N2O2. The Bertz CT molecular complexity index is 386. The molecule has 0 aromatic carbocycles. The third-order valence-corrected chi connectivity index (χ3v) is 2.75. The Kier molecular flexibility index (Phi) is 2.98. The van der Waals surface area contributed by atoms with Crippen molar-refractivity contribution in [1.82, 2.24) is 0 Å². The molecule has 0 aliphatic carbocycles. The Morgan fingerprint density at radius 2 is 2.20 bits per heavy atom. The molecule has 0 bridgehead atoms. The van der Waals surface area contributed by atoms with Crippen LogP contribution in [-0.2, 0) is 5.41 Å². The third kappa shape index (κ3) is 2.09. The van der Waals surface area contributed by atoms with Crippen molar-refractivity contribution >= 4 is 5.91 Å². The maximum atomic E-state index is 11.7. The van der Waals surface area contributed by atoms with Gasteiger partial charge in [0.1, 0.15) is 5.56 Å². The van der Waals surface area contributed by atoms with Crippen LogP contribution in [0.4, 0.5) is 0 Å². The van der Waals surface area contributed by atoms with E-state index in [9.17, 15) is 10.0 Å². The summed E-state index contributed by atoms with van der Waals surface area (Å²) in [5.41, 5.74) is 5.64. The second kappa shape index (κ2) is 3.88. The number of amides is 1. The fraction of sp³-hybridized carbons (Fsp3) is 0.455. The van der Waals surface area contributed by atoms with Crippen LogP contribution in [0.1, 0.15) is 43.2 Å².